The van der Waals surface area contributed by atoms with Crippen LogP contribution in [0.15, 0.2) is 115 Å². The van der Waals surface area contributed by atoms with Crippen LogP contribution in [0.1, 0.15) is 45.8 Å². The maximum atomic E-state index is 14.1. The largest absolute Gasteiger partial charge is 0.507 e. The molecule has 252 valence electrons. The first-order valence-corrected chi connectivity index (χ1v) is 17.1. The van der Waals surface area contributed by atoms with Crippen molar-refractivity contribution in [2.24, 2.45) is 0 Å². The number of phenols is 1. The molecule has 0 radical (unpaired) electrons. The summed E-state index contributed by atoms with van der Waals surface area (Å²) in [6, 6.07) is 34.9. The lowest BCUT2D eigenvalue weighted by Crippen LogP contribution is -2.51. The van der Waals surface area contributed by atoms with Crippen LogP contribution in [0.5, 0.6) is 5.75 Å². The van der Waals surface area contributed by atoms with E-state index in [1.165, 1.54) is 29.3 Å². The molecule has 10 heteroatoms. The maximum absolute atomic E-state index is 14.1. The van der Waals surface area contributed by atoms with E-state index >= 15 is 0 Å². The third-order valence-corrected chi connectivity index (χ3v) is 10.2. The number of aromatic hydroxyl groups is 1. The fraction of sp³-hybridized carbons (Fsp3) is 0.175. The smallest absolute Gasteiger partial charge is 0.409 e. The van der Waals surface area contributed by atoms with Crippen LogP contribution in [-0.4, -0.2) is 47.6 Å². The van der Waals surface area contributed by atoms with Gasteiger partial charge in [0.25, 0.3) is 5.91 Å². The second-order valence-corrected chi connectivity index (χ2v) is 13.3. The molecule has 0 spiro atoms. The Morgan fingerprint density at radius 3 is 2.08 bits per heavy atom. The van der Waals surface area contributed by atoms with Crippen LogP contribution >= 0.6 is 23.2 Å². The molecule has 1 aliphatic heterocycles. The Bertz CT molecular complexity index is 2050. The molecule has 0 bridgehead atoms. The molecule has 1 heterocycles. The van der Waals surface area contributed by atoms with E-state index in [0.29, 0.717) is 42.3 Å². The number of nitrogens with zero attached hydrogens (tertiary/aromatic N) is 1. The van der Waals surface area contributed by atoms with Crippen LogP contribution in [-0.2, 0) is 14.9 Å². The lowest BCUT2D eigenvalue weighted by atomic mass is 9.72. The minimum atomic E-state index is -0.912. The van der Waals surface area contributed by atoms with Crippen LogP contribution < -0.4 is 10.6 Å². The van der Waals surface area contributed by atoms with Gasteiger partial charge in [0.2, 0.25) is 5.91 Å². The Kier molecular flexibility index (Phi) is 9.23. The van der Waals surface area contributed by atoms with E-state index in [1.807, 2.05) is 54.6 Å². The molecule has 5 aromatic rings. The number of halogens is 2. The summed E-state index contributed by atoms with van der Waals surface area (Å²) in [4.78, 5) is 42.0. The minimum Gasteiger partial charge on any atom is -0.507 e. The van der Waals surface area contributed by atoms with E-state index in [0.717, 1.165) is 16.7 Å². The number of likely N-dealkylation sites (tertiary alicyclic amines) is 1. The monoisotopic (exact) mass is 705 g/mol. The predicted molar refractivity (Wildman–Crippen MR) is 195 cm³/mol. The zero-order chi connectivity index (χ0) is 34.8. The number of anilines is 2. The summed E-state index contributed by atoms with van der Waals surface area (Å²) in [5.74, 6) is -1.08. The Morgan fingerprint density at radius 2 is 1.42 bits per heavy atom. The van der Waals surface area contributed by atoms with Gasteiger partial charge >= 0.3 is 6.09 Å². The van der Waals surface area contributed by atoms with Gasteiger partial charge in [-0.05, 0) is 77.1 Å². The number of carbonyl (C=O) groups excluding carboxylic acids is 3. The number of phenolic OH excluding ortho intramolecular Hbond substituents is 1. The first kappa shape index (κ1) is 33.2. The summed E-state index contributed by atoms with van der Waals surface area (Å²) in [5, 5.41) is 16.3. The number of fused-ring (bicyclic) bond motifs is 3. The molecule has 2 aliphatic rings. The van der Waals surface area contributed by atoms with Gasteiger partial charge in [0, 0.05) is 29.7 Å². The summed E-state index contributed by atoms with van der Waals surface area (Å²) in [5.41, 5.74) is 5.30. The molecule has 0 atom stereocenters. The van der Waals surface area contributed by atoms with Crippen LogP contribution in [0.25, 0.3) is 11.1 Å². The van der Waals surface area contributed by atoms with Gasteiger partial charge in [-0.15, -0.1) is 0 Å². The standard InChI is InChI=1S/C40H33Cl2N3O5/c41-26-14-17-36(46)32(22-26)37(47)44-35-16-15-27(23-34(35)42)43-38(48)40(25-8-2-1-3-9-25)18-20-45(21-19-40)39(49)50-24-33-30-12-6-4-10-28(30)29-11-5-7-13-31(29)33/h1-17,22-23,33,46H,18-21,24H2,(H,43,48)(H,44,47). The van der Waals surface area contributed by atoms with Gasteiger partial charge in [-0.25, -0.2) is 4.79 Å². The average Bonchev–Trinajstić information content (AvgIpc) is 3.46. The molecule has 8 nitrogen and oxygen atoms in total. The number of nitrogens with one attached hydrogen (secondary N) is 2. The van der Waals surface area contributed by atoms with Crippen molar-refractivity contribution >= 4 is 52.5 Å². The number of benzene rings is 5. The van der Waals surface area contributed by atoms with E-state index in [-0.39, 0.29) is 34.8 Å². The summed E-state index contributed by atoms with van der Waals surface area (Å²) in [7, 11) is 0. The molecular weight excluding hydrogens is 673 g/mol. The summed E-state index contributed by atoms with van der Waals surface area (Å²) in [6.45, 7) is 0.896. The maximum Gasteiger partial charge on any atom is 0.409 e. The lowest BCUT2D eigenvalue weighted by Gasteiger charge is -2.40. The number of hydrogen-bond acceptors (Lipinski definition) is 5. The van der Waals surface area contributed by atoms with Gasteiger partial charge in [-0.3, -0.25) is 9.59 Å². The normalized spacial score (nSPS) is 14.7. The Labute approximate surface area is 299 Å². The Morgan fingerprint density at radius 1 is 0.780 bits per heavy atom. The van der Waals surface area contributed by atoms with Crippen molar-refractivity contribution in [1.29, 1.82) is 0 Å². The highest BCUT2D eigenvalue weighted by Crippen LogP contribution is 2.45. The molecule has 0 saturated carbocycles. The summed E-state index contributed by atoms with van der Waals surface area (Å²) in [6.07, 6.45) is 0.375. The van der Waals surface area contributed by atoms with Crippen LogP contribution in [0, 0.1) is 0 Å². The molecular formula is C40H33Cl2N3O5. The van der Waals surface area contributed by atoms with Crippen molar-refractivity contribution < 1.29 is 24.2 Å². The van der Waals surface area contributed by atoms with E-state index in [9.17, 15) is 19.5 Å². The van der Waals surface area contributed by atoms with Gasteiger partial charge in [0.15, 0.2) is 0 Å². The summed E-state index contributed by atoms with van der Waals surface area (Å²) < 4.78 is 5.92. The molecule has 0 unspecified atom stereocenters. The van der Waals surface area contributed by atoms with Crippen molar-refractivity contribution in [3.63, 3.8) is 0 Å². The second-order valence-electron chi connectivity index (χ2n) is 12.5. The van der Waals surface area contributed by atoms with Crippen LogP contribution in [0.2, 0.25) is 10.0 Å². The number of ether oxygens (including phenoxy) is 1. The van der Waals surface area contributed by atoms with Crippen molar-refractivity contribution in [2.75, 3.05) is 30.3 Å². The van der Waals surface area contributed by atoms with Gasteiger partial charge < -0.3 is 25.4 Å². The van der Waals surface area contributed by atoms with Gasteiger partial charge in [0.1, 0.15) is 12.4 Å². The van der Waals surface area contributed by atoms with Crippen molar-refractivity contribution in [1.82, 2.24) is 4.90 Å². The van der Waals surface area contributed by atoms with E-state index in [2.05, 4.69) is 34.9 Å². The highest BCUT2D eigenvalue weighted by Gasteiger charge is 2.44. The van der Waals surface area contributed by atoms with Gasteiger partial charge in [-0.1, -0.05) is 102 Å². The quantitative estimate of drug-likeness (QED) is 0.157. The van der Waals surface area contributed by atoms with E-state index < -0.39 is 17.4 Å². The first-order chi connectivity index (χ1) is 24.2. The van der Waals surface area contributed by atoms with Crippen LogP contribution in [0.3, 0.4) is 0 Å². The van der Waals surface area contributed by atoms with Crippen molar-refractivity contribution in [2.45, 2.75) is 24.2 Å². The number of carbonyl (C=O) groups is 3. The number of amides is 3. The Hall–Kier alpha value is -5.31. The molecule has 3 amide bonds. The first-order valence-electron chi connectivity index (χ1n) is 16.3. The molecule has 0 aromatic heterocycles. The number of piperidine rings is 1. The highest BCUT2D eigenvalue weighted by atomic mass is 35.5. The zero-order valence-corrected chi connectivity index (χ0v) is 28.4. The minimum absolute atomic E-state index is 0.000161. The number of rotatable bonds is 7. The topological polar surface area (TPSA) is 108 Å². The van der Waals surface area contributed by atoms with E-state index in [1.54, 1.807) is 23.1 Å². The molecule has 3 N–H and O–H groups in total. The summed E-state index contributed by atoms with van der Waals surface area (Å²) >= 11 is 12.5. The molecule has 5 aromatic carbocycles. The highest BCUT2D eigenvalue weighted by molar-refractivity contribution is 6.34. The lowest BCUT2D eigenvalue weighted by molar-refractivity contribution is -0.123. The fourth-order valence-corrected chi connectivity index (χ4v) is 7.38. The third kappa shape index (κ3) is 6.40. The SMILES string of the molecule is O=C(Nc1ccc(NC(=O)C2(c3ccccc3)CCN(C(=O)OCC3c4ccccc4-c4ccccc43)CC2)cc1Cl)c1cc(Cl)ccc1O. The molecule has 50 heavy (non-hydrogen) atoms. The fourth-order valence-electron chi connectivity index (χ4n) is 6.99. The second kappa shape index (κ2) is 13.9. The van der Waals surface area contributed by atoms with E-state index in [4.69, 9.17) is 27.9 Å². The third-order valence-electron chi connectivity index (χ3n) is 9.65. The zero-order valence-electron chi connectivity index (χ0n) is 26.9. The molecule has 1 aliphatic carbocycles. The molecule has 1 fully saturated rings. The van der Waals surface area contributed by atoms with Gasteiger partial charge in [-0.2, -0.15) is 0 Å². The van der Waals surface area contributed by atoms with Crippen LogP contribution in [0.4, 0.5) is 16.2 Å². The molecule has 1 saturated heterocycles. The average molecular weight is 707 g/mol. The Balaban J connectivity index is 1.03. The van der Waals surface area contributed by atoms with Crippen molar-refractivity contribution in [3.8, 4) is 16.9 Å². The van der Waals surface area contributed by atoms with Crippen molar-refractivity contribution in [3.05, 3.63) is 148 Å². The predicted octanol–water partition coefficient (Wildman–Crippen LogP) is 8.87. The molecule has 7 rings (SSSR count). The number of hydrogen-bond donors (Lipinski definition) is 3. The van der Waals surface area contributed by atoms with Gasteiger partial charge in [0.05, 0.1) is 21.7 Å².